The monoisotopic (exact) mass is 187 g/mol. The minimum Gasteiger partial charge on any atom is -0.356 e. The molecule has 2 nitrogen and oxygen atoms in total. The van der Waals surface area contributed by atoms with Crippen LogP contribution in [0.5, 0.6) is 0 Å². The molecule has 0 aromatic heterocycles. The fourth-order valence-electron chi connectivity index (χ4n) is 1.09. The number of carbonyl (C=O) groups excluding carboxylic acids is 1. The molecule has 2 heteroatoms. The SMILES string of the molecule is CC(C)CCCCNC(=O)C(C)C.[HH]. The Morgan fingerprint density at radius 2 is 1.85 bits per heavy atom. The summed E-state index contributed by atoms with van der Waals surface area (Å²) in [5.74, 6) is 1.07. The molecular formula is C11H25NO. The van der Waals surface area contributed by atoms with E-state index in [4.69, 9.17) is 0 Å². The van der Waals surface area contributed by atoms with Crippen LogP contribution in [0.4, 0.5) is 0 Å². The molecule has 0 radical (unpaired) electrons. The standard InChI is InChI=1S/C11H23NO.H2/c1-9(2)7-5-6-8-12-11(13)10(3)4;/h9-10H,5-8H2,1-4H3,(H,12,13);1H. The van der Waals surface area contributed by atoms with Gasteiger partial charge in [-0.15, -0.1) is 0 Å². The molecule has 0 heterocycles. The van der Waals surface area contributed by atoms with Crippen molar-refractivity contribution in [3.63, 3.8) is 0 Å². The molecule has 0 aliphatic carbocycles. The molecule has 0 saturated carbocycles. The smallest absolute Gasteiger partial charge is 0.222 e. The van der Waals surface area contributed by atoms with Gasteiger partial charge in [-0.05, 0) is 12.3 Å². The second kappa shape index (κ2) is 6.93. The van der Waals surface area contributed by atoms with Crippen LogP contribution in [0, 0.1) is 11.8 Å². The second-order valence-corrected chi connectivity index (χ2v) is 4.34. The molecule has 13 heavy (non-hydrogen) atoms. The molecule has 0 atom stereocenters. The summed E-state index contributed by atoms with van der Waals surface area (Å²) in [4.78, 5) is 11.1. The zero-order valence-corrected chi connectivity index (χ0v) is 9.39. The van der Waals surface area contributed by atoms with Gasteiger partial charge in [0.25, 0.3) is 0 Å². The van der Waals surface area contributed by atoms with E-state index in [0.29, 0.717) is 0 Å². The highest BCUT2D eigenvalue weighted by molar-refractivity contribution is 5.77. The average Bonchev–Trinajstić information content (AvgIpc) is 2.02. The lowest BCUT2D eigenvalue weighted by molar-refractivity contribution is -0.123. The molecule has 0 unspecified atom stereocenters. The van der Waals surface area contributed by atoms with Crippen LogP contribution in [0.3, 0.4) is 0 Å². The van der Waals surface area contributed by atoms with Gasteiger partial charge in [-0.3, -0.25) is 4.79 Å². The maximum Gasteiger partial charge on any atom is 0.222 e. The Morgan fingerprint density at radius 1 is 1.23 bits per heavy atom. The second-order valence-electron chi connectivity index (χ2n) is 4.34. The van der Waals surface area contributed by atoms with E-state index >= 15 is 0 Å². The third kappa shape index (κ3) is 7.82. The largest absolute Gasteiger partial charge is 0.356 e. The predicted molar refractivity (Wildman–Crippen MR) is 58.7 cm³/mol. The summed E-state index contributed by atoms with van der Waals surface area (Å²) in [5.41, 5.74) is 0. The van der Waals surface area contributed by atoms with E-state index < -0.39 is 0 Å². The van der Waals surface area contributed by atoms with Crippen molar-refractivity contribution in [3.8, 4) is 0 Å². The molecule has 1 N–H and O–H groups in total. The molecule has 1 amide bonds. The van der Waals surface area contributed by atoms with Crippen molar-refractivity contribution >= 4 is 5.91 Å². The number of amides is 1. The Balaban J connectivity index is 0. The van der Waals surface area contributed by atoms with Crippen molar-refractivity contribution in [1.82, 2.24) is 5.32 Å². The Morgan fingerprint density at radius 3 is 2.31 bits per heavy atom. The lowest BCUT2D eigenvalue weighted by Crippen LogP contribution is -2.28. The first-order valence-electron chi connectivity index (χ1n) is 5.31. The highest BCUT2D eigenvalue weighted by Gasteiger charge is 2.04. The minimum absolute atomic E-state index is 0. The zero-order valence-electron chi connectivity index (χ0n) is 9.39. The molecule has 0 rings (SSSR count). The van der Waals surface area contributed by atoms with Gasteiger partial charge in [-0.1, -0.05) is 40.5 Å². The van der Waals surface area contributed by atoms with Crippen molar-refractivity contribution < 1.29 is 6.22 Å². The summed E-state index contributed by atoms with van der Waals surface area (Å²) >= 11 is 0. The summed E-state index contributed by atoms with van der Waals surface area (Å²) in [6.07, 6.45) is 3.59. The Hall–Kier alpha value is -0.530. The predicted octanol–water partition coefficient (Wildman–Crippen LogP) is 2.83. The van der Waals surface area contributed by atoms with E-state index in [1.165, 1.54) is 12.8 Å². The Bertz CT molecular complexity index is 146. The quantitative estimate of drug-likeness (QED) is 0.636. The van der Waals surface area contributed by atoms with E-state index in [9.17, 15) is 4.79 Å². The van der Waals surface area contributed by atoms with Crippen LogP contribution >= 0.6 is 0 Å². The highest BCUT2D eigenvalue weighted by Crippen LogP contribution is 2.05. The molecule has 0 aromatic rings. The van der Waals surface area contributed by atoms with Crippen LogP contribution in [0.25, 0.3) is 0 Å². The van der Waals surface area contributed by atoms with Crippen LogP contribution in [0.1, 0.15) is 48.4 Å². The summed E-state index contributed by atoms with van der Waals surface area (Å²) in [6, 6.07) is 0. The molecular weight excluding hydrogens is 162 g/mol. The third-order valence-corrected chi connectivity index (χ3v) is 2.03. The van der Waals surface area contributed by atoms with Crippen LogP contribution in [0.2, 0.25) is 0 Å². The van der Waals surface area contributed by atoms with Crippen LogP contribution in [0.15, 0.2) is 0 Å². The molecule has 0 fully saturated rings. The van der Waals surface area contributed by atoms with Crippen molar-refractivity contribution in [2.45, 2.75) is 47.0 Å². The summed E-state index contributed by atoms with van der Waals surface area (Å²) in [7, 11) is 0. The fourth-order valence-corrected chi connectivity index (χ4v) is 1.09. The third-order valence-electron chi connectivity index (χ3n) is 2.03. The van der Waals surface area contributed by atoms with Crippen molar-refractivity contribution in [3.05, 3.63) is 0 Å². The molecule has 0 aliphatic rings. The first-order valence-corrected chi connectivity index (χ1v) is 5.31. The van der Waals surface area contributed by atoms with E-state index in [-0.39, 0.29) is 13.3 Å². The number of hydrogen-bond donors (Lipinski definition) is 1. The summed E-state index contributed by atoms with van der Waals surface area (Å²) in [5, 5.41) is 2.92. The van der Waals surface area contributed by atoms with Gasteiger partial charge in [0.2, 0.25) is 5.91 Å². The number of carbonyl (C=O) groups is 1. The topological polar surface area (TPSA) is 29.1 Å². The minimum atomic E-state index is 0. The van der Waals surface area contributed by atoms with Gasteiger partial charge in [0.15, 0.2) is 0 Å². The van der Waals surface area contributed by atoms with Gasteiger partial charge in [0, 0.05) is 13.9 Å². The Kier molecular flexibility index (Phi) is 6.65. The zero-order chi connectivity index (χ0) is 10.3. The first kappa shape index (κ1) is 12.5. The number of hydrogen-bond acceptors (Lipinski definition) is 1. The van der Waals surface area contributed by atoms with E-state index in [1.807, 2.05) is 13.8 Å². The maximum absolute atomic E-state index is 11.1. The lowest BCUT2D eigenvalue weighted by Gasteiger charge is -2.08. The van der Waals surface area contributed by atoms with Gasteiger partial charge in [-0.2, -0.15) is 0 Å². The normalized spacial score (nSPS) is 10.9. The van der Waals surface area contributed by atoms with Crippen LogP contribution < -0.4 is 5.32 Å². The fraction of sp³-hybridized carbons (Fsp3) is 0.909. The lowest BCUT2D eigenvalue weighted by atomic mass is 10.1. The van der Waals surface area contributed by atoms with Gasteiger partial charge < -0.3 is 5.32 Å². The summed E-state index contributed by atoms with van der Waals surface area (Å²) in [6.45, 7) is 9.13. The highest BCUT2D eigenvalue weighted by atomic mass is 16.1. The van der Waals surface area contributed by atoms with Gasteiger partial charge in [0.1, 0.15) is 0 Å². The molecule has 0 aromatic carbocycles. The average molecular weight is 187 g/mol. The van der Waals surface area contributed by atoms with Gasteiger partial charge in [-0.25, -0.2) is 0 Å². The number of nitrogens with one attached hydrogen (secondary N) is 1. The first-order chi connectivity index (χ1) is 6.04. The molecule has 0 aliphatic heterocycles. The van der Waals surface area contributed by atoms with E-state index in [2.05, 4.69) is 19.2 Å². The van der Waals surface area contributed by atoms with Crippen molar-refractivity contribution in [2.24, 2.45) is 11.8 Å². The van der Waals surface area contributed by atoms with Crippen molar-refractivity contribution in [1.29, 1.82) is 0 Å². The maximum atomic E-state index is 11.1. The van der Waals surface area contributed by atoms with Crippen molar-refractivity contribution in [2.75, 3.05) is 6.54 Å². The molecule has 80 valence electrons. The molecule has 0 bridgehead atoms. The van der Waals surface area contributed by atoms with Crippen LogP contribution in [-0.4, -0.2) is 12.5 Å². The number of unbranched alkanes of at least 4 members (excludes halogenated alkanes) is 1. The van der Waals surface area contributed by atoms with Crippen LogP contribution in [-0.2, 0) is 4.79 Å². The molecule has 0 saturated heterocycles. The van der Waals surface area contributed by atoms with Gasteiger partial charge in [0.05, 0.1) is 0 Å². The number of rotatable bonds is 6. The molecule has 0 spiro atoms. The van der Waals surface area contributed by atoms with Gasteiger partial charge >= 0.3 is 0 Å². The Labute approximate surface area is 83.6 Å². The van der Waals surface area contributed by atoms with E-state index in [0.717, 1.165) is 18.9 Å². The summed E-state index contributed by atoms with van der Waals surface area (Å²) < 4.78 is 0. The van der Waals surface area contributed by atoms with E-state index in [1.54, 1.807) is 0 Å².